The van der Waals surface area contributed by atoms with Crippen LogP contribution in [0, 0.1) is 5.82 Å². The van der Waals surface area contributed by atoms with E-state index in [1.807, 2.05) is 0 Å². The monoisotopic (exact) mass is 396 g/mol. The van der Waals surface area contributed by atoms with Crippen LogP contribution < -0.4 is 21.5 Å². The van der Waals surface area contributed by atoms with E-state index in [4.69, 9.17) is 16.2 Å². The molecule has 1 atom stereocenters. The van der Waals surface area contributed by atoms with Crippen LogP contribution in [0.2, 0.25) is 0 Å². The first-order chi connectivity index (χ1) is 13.8. The number of carbonyl (C=O) groups is 2. The number of benzene rings is 1. The number of nitrogens with one attached hydrogen (secondary N) is 1. The molecule has 1 aromatic carbocycles. The smallest absolute Gasteiger partial charge is 0.267 e. The summed E-state index contributed by atoms with van der Waals surface area (Å²) in [5.41, 5.74) is 11.1. The molecular formula is C19H17FN6O3. The number of hydrogen-bond acceptors (Lipinski definition) is 7. The van der Waals surface area contributed by atoms with E-state index in [0.717, 1.165) is 6.20 Å². The summed E-state index contributed by atoms with van der Waals surface area (Å²) in [4.78, 5) is 35.1. The molecule has 0 saturated carbocycles. The van der Waals surface area contributed by atoms with E-state index in [0.29, 0.717) is 11.3 Å². The molecule has 2 amide bonds. The minimum Gasteiger partial charge on any atom is -0.439 e. The van der Waals surface area contributed by atoms with Gasteiger partial charge in [-0.3, -0.25) is 9.59 Å². The largest absolute Gasteiger partial charge is 0.439 e. The van der Waals surface area contributed by atoms with E-state index >= 15 is 0 Å². The van der Waals surface area contributed by atoms with Crippen LogP contribution in [0.25, 0.3) is 11.4 Å². The van der Waals surface area contributed by atoms with Crippen molar-refractivity contribution in [3.05, 3.63) is 60.2 Å². The first-order valence-corrected chi connectivity index (χ1v) is 8.46. The van der Waals surface area contributed by atoms with Gasteiger partial charge in [-0.05, 0) is 37.3 Å². The van der Waals surface area contributed by atoms with E-state index in [-0.39, 0.29) is 23.2 Å². The number of ether oxygens (including phenoxy) is 1. The summed E-state index contributed by atoms with van der Waals surface area (Å²) in [7, 11) is 0. The second-order valence-electron chi connectivity index (χ2n) is 6.04. The van der Waals surface area contributed by atoms with Crippen molar-refractivity contribution in [1.82, 2.24) is 15.0 Å². The van der Waals surface area contributed by atoms with E-state index < -0.39 is 23.7 Å². The van der Waals surface area contributed by atoms with Crippen LogP contribution in [-0.4, -0.2) is 32.8 Å². The van der Waals surface area contributed by atoms with E-state index in [9.17, 15) is 14.0 Å². The Morgan fingerprint density at radius 3 is 2.41 bits per heavy atom. The Morgan fingerprint density at radius 2 is 1.83 bits per heavy atom. The molecule has 148 valence electrons. The fourth-order valence-corrected chi connectivity index (χ4v) is 2.28. The Bertz CT molecular complexity index is 1040. The normalized spacial score (nSPS) is 11.5. The highest BCUT2D eigenvalue weighted by atomic mass is 19.1. The number of pyridine rings is 1. The highest BCUT2D eigenvalue weighted by molar-refractivity contribution is 5.92. The molecule has 0 radical (unpaired) electrons. The summed E-state index contributed by atoms with van der Waals surface area (Å²) in [5, 5.41) is 2.80. The number of nitrogens with two attached hydrogens (primary N) is 2. The lowest BCUT2D eigenvalue weighted by Crippen LogP contribution is -2.33. The molecule has 0 fully saturated rings. The number of nitrogens with zero attached hydrogens (tertiary/aromatic N) is 3. The van der Waals surface area contributed by atoms with Gasteiger partial charge in [0.05, 0.1) is 6.20 Å². The number of hydrogen-bond donors (Lipinski definition) is 3. The molecule has 2 aromatic heterocycles. The molecule has 29 heavy (non-hydrogen) atoms. The van der Waals surface area contributed by atoms with Gasteiger partial charge in [-0.1, -0.05) is 0 Å². The lowest BCUT2D eigenvalue weighted by atomic mass is 10.2. The van der Waals surface area contributed by atoms with Crippen LogP contribution >= 0.6 is 0 Å². The fourth-order valence-electron chi connectivity index (χ4n) is 2.28. The highest BCUT2D eigenvalue weighted by Gasteiger charge is 2.14. The summed E-state index contributed by atoms with van der Waals surface area (Å²) >= 11 is 0. The Kier molecular flexibility index (Phi) is 5.63. The molecule has 9 nitrogen and oxygen atoms in total. The first kappa shape index (κ1) is 19.7. The zero-order chi connectivity index (χ0) is 21.0. The molecule has 3 aromatic rings. The molecular weight excluding hydrogens is 379 g/mol. The maximum absolute atomic E-state index is 12.9. The summed E-state index contributed by atoms with van der Waals surface area (Å²) in [6.45, 7) is 1.56. The third kappa shape index (κ3) is 5.01. The number of carbonyl (C=O) groups excluding carboxylic acids is 2. The summed E-state index contributed by atoms with van der Waals surface area (Å²) < 4.78 is 18.4. The van der Waals surface area contributed by atoms with Crippen molar-refractivity contribution in [3.63, 3.8) is 0 Å². The summed E-state index contributed by atoms with van der Waals surface area (Å²) in [6, 6.07) is 9.88. The van der Waals surface area contributed by atoms with Crippen LogP contribution in [-0.2, 0) is 4.79 Å². The standard InChI is InChI=1S/C19H17FN6O3/c1-10(17(21)27)24-15-8-14(18(22)28)25-19(26-15)11-2-5-13(6-3-11)29-16-7-4-12(20)9-23-16/h2-10H,1H3,(H2,21,27)(H2,22,28)(H,24,25,26)/t10-/m0/s1. The zero-order valence-electron chi connectivity index (χ0n) is 15.3. The Morgan fingerprint density at radius 1 is 1.10 bits per heavy atom. The third-order valence-electron chi connectivity index (χ3n) is 3.80. The van der Waals surface area contributed by atoms with Gasteiger partial charge in [0.25, 0.3) is 5.91 Å². The van der Waals surface area contributed by atoms with Gasteiger partial charge in [0.2, 0.25) is 11.8 Å². The molecule has 0 aliphatic carbocycles. The second kappa shape index (κ2) is 8.30. The van der Waals surface area contributed by atoms with Crippen molar-refractivity contribution in [1.29, 1.82) is 0 Å². The quantitative estimate of drug-likeness (QED) is 0.552. The molecule has 0 saturated heterocycles. The van der Waals surface area contributed by atoms with Crippen molar-refractivity contribution in [3.8, 4) is 23.0 Å². The number of aromatic nitrogens is 3. The van der Waals surface area contributed by atoms with Gasteiger partial charge in [0, 0.05) is 17.7 Å². The van der Waals surface area contributed by atoms with Gasteiger partial charge in [-0.15, -0.1) is 0 Å². The fraction of sp³-hybridized carbons (Fsp3) is 0.105. The lowest BCUT2D eigenvalue weighted by molar-refractivity contribution is -0.118. The van der Waals surface area contributed by atoms with Gasteiger partial charge in [-0.2, -0.15) is 0 Å². The van der Waals surface area contributed by atoms with E-state index in [2.05, 4.69) is 20.3 Å². The highest BCUT2D eigenvalue weighted by Crippen LogP contribution is 2.24. The predicted molar refractivity (Wildman–Crippen MR) is 103 cm³/mol. The van der Waals surface area contributed by atoms with Crippen molar-refractivity contribution in [2.24, 2.45) is 11.5 Å². The van der Waals surface area contributed by atoms with Crippen LogP contribution in [0.4, 0.5) is 10.2 Å². The summed E-state index contributed by atoms with van der Waals surface area (Å²) in [5.74, 6) is -0.655. The van der Waals surface area contributed by atoms with Crippen LogP contribution in [0.1, 0.15) is 17.4 Å². The molecule has 3 rings (SSSR count). The first-order valence-electron chi connectivity index (χ1n) is 8.46. The molecule has 0 aliphatic heterocycles. The molecule has 0 spiro atoms. The average molecular weight is 396 g/mol. The number of halogens is 1. The predicted octanol–water partition coefficient (Wildman–Crippen LogP) is 1.85. The molecule has 0 aliphatic rings. The number of anilines is 1. The molecule has 5 N–H and O–H groups in total. The maximum atomic E-state index is 12.9. The van der Waals surface area contributed by atoms with Gasteiger partial charge in [0.1, 0.15) is 29.1 Å². The third-order valence-corrected chi connectivity index (χ3v) is 3.80. The van der Waals surface area contributed by atoms with Gasteiger partial charge in [-0.25, -0.2) is 19.3 Å². The SMILES string of the molecule is C[C@H](Nc1cc(C(N)=O)nc(-c2ccc(Oc3ccc(F)cn3)cc2)n1)C(N)=O. The van der Waals surface area contributed by atoms with Gasteiger partial charge >= 0.3 is 0 Å². The topological polar surface area (TPSA) is 146 Å². The lowest BCUT2D eigenvalue weighted by Gasteiger charge is -2.13. The number of primary amides is 2. The Hall–Kier alpha value is -4.08. The van der Waals surface area contributed by atoms with Gasteiger partial charge < -0.3 is 21.5 Å². The number of rotatable bonds is 7. The maximum Gasteiger partial charge on any atom is 0.267 e. The van der Waals surface area contributed by atoms with Crippen molar-refractivity contribution in [2.75, 3.05) is 5.32 Å². The van der Waals surface area contributed by atoms with Crippen molar-refractivity contribution < 1.29 is 18.7 Å². The second-order valence-corrected chi connectivity index (χ2v) is 6.04. The van der Waals surface area contributed by atoms with Crippen molar-refractivity contribution in [2.45, 2.75) is 13.0 Å². The molecule has 2 heterocycles. The van der Waals surface area contributed by atoms with E-state index in [1.54, 1.807) is 31.2 Å². The Balaban J connectivity index is 1.86. The minimum absolute atomic E-state index is 0.0231. The molecule has 10 heteroatoms. The van der Waals surface area contributed by atoms with Gasteiger partial charge in [0.15, 0.2) is 5.82 Å². The Labute approximate surface area is 164 Å². The van der Waals surface area contributed by atoms with Crippen LogP contribution in [0.3, 0.4) is 0 Å². The zero-order valence-corrected chi connectivity index (χ0v) is 15.3. The average Bonchev–Trinajstić information content (AvgIpc) is 2.70. The molecule has 0 unspecified atom stereocenters. The van der Waals surface area contributed by atoms with Crippen molar-refractivity contribution >= 4 is 17.6 Å². The van der Waals surface area contributed by atoms with E-state index in [1.165, 1.54) is 18.2 Å². The molecule has 0 bridgehead atoms. The minimum atomic E-state index is -0.745. The number of amides is 2. The van der Waals surface area contributed by atoms with Crippen LogP contribution in [0.15, 0.2) is 48.7 Å². The van der Waals surface area contributed by atoms with Crippen LogP contribution in [0.5, 0.6) is 11.6 Å². The summed E-state index contributed by atoms with van der Waals surface area (Å²) in [6.07, 6.45) is 1.05.